The summed E-state index contributed by atoms with van der Waals surface area (Å²) < 4.78 is 0. The van der Waals surface area contributed by atoms with Crippen molar-refractivity contribution in [3.8, 4) is 0 Å². The first-order valence-electron chi connectivity index (χ1n) is 11.3. The Bertz CT molecular complexity index is 996. The molecule has 162 valence electrons. The average molecular weight is 433 g/mol. The van der Waals surface area contributed by atoms with Gasteiger partial charge in [-0.15, -0.1) is 0 Å². The highest BCUT2D eigenvalue weighted by Gasteiger charge is 2.25. The van der Waals surface area contributed by atoms with Crippen LogP contribution in [-0.2, 0) is 17.1 Å². The lowest BCUT2D eigenvalue weighted by Gasteiger charge is -2.32. The van der Waals surface area contributed by atoms with Gasteiger partial charge in [0.1, 0.15) is 0 Å². The van der Waals surface area contributed by atoms with Crippen molar-refractivity contribution >= 4 is 28.4 Å². The third kappa shape index (κ3) is 6.11. The fourth-order valence-corrected chi connectivity index (χ4v) is 5.17. The molecule has 3 aromatic rings. The van der Waals surface area contributed by atoms with Gasteiger partial charge in [-0.25, -0.2) is 0 Å². The number of hydrogen-bond donors (Lipinski definition) is 1. The number of amides is 1. The first kappa shape index (κ1) is 21.9. The number of aryl methyl sites for hydroxylation is 1. The summed E-state index contributed by atoms with van der Waals surface area (Å²) in [6.45, 7) is 5.69. The monoisotopic (exact) mass is 432 g/mol. The van der Waals surface area contributed by atoms with E-state index >= 15 is 0 Å². The summed E-state index contributed by atoms with van der Waals surface area (Å²) in [5.74, 6) is 2.27. The molecule has 0 bridgehead atoms. The van der Waals surface area contributed by atoms with Crippen LogP contribution in [0.25, 0.3) is 10.8 Å². The summed E-state index contributed by atoms with van der Waals surface area (Å²) in [6, 6.07) is 23.8. The van der Waals surface area contributed by atoms with Crippen molar-refractivity contribution in [3.63, 3.8) is 0 Å². The molecule has 1 N–H and O–H groups in total. The summed E-state index contributed by atoms with van der Waals surface area (Å²) in [7, 11) is 0. The molecule has 0 aliphatic carbocycles. The van der Waals surface area contributed by atoms with Gasteiger partial charge in [0, 0.05) is 31.1 Å². The molecule has 1 atom stereocenters. The number of fused-ring (bicyclic) bond motifs is 1. The van der Waals surface area contributed by atoms with Crippen LogP contribution in [0.4, 0.5) is 0 Å². The van der Waals surface area contributed by atoms with Crippen LogP contribution in [0, 0.1) is 12.8 Å². The van der Waals surface area contributed by atoms with Crippen LogP contribution in [0.5, 0.6) is 0 Å². The van der Waals surface area contributed by atoms with E-state index in [9.17, 15) is 4.79 Å². The predicted octanol–water partition coefficient (Wildman–Crippen LogP) is 5.41. The second kappa shape index (κ2) is 10.8. The van der Waals surface area contributed by atoms with E-state index in [1.165, 1.54) is 27.5 Å². The standard InChI is InChI=1S/C27H32N2OS/c1-21-11-13-22(14-12-21)20-31-17-15-28-27(30)25-9-5-16-29(19-25)18-24-8-4-7-23-6-2-3-10-26(23)24/h2-4,6-8,10-14,25H,5,9,15-20H2,1H3,(H,28,30). The van der Waals surface area contributed by atoms with Gasteiger partial charge >= 0.3 is 0 Å². The van der Waals surface area contributed by atoms with E-state index in [4.69, 9.17) is 0 Å². The summed E-state index contributed by atoms with van der Waals surface area (Å²) in [5.41, 5.74) is 3.99. The van der Waals surface area contributed by atoms with E-state index in [-0.39, 0.29) is 11.8 Å². The molecule has 3 aromatic carbocycles. The van der Waals surface area contributed by atoms with E-state index in [0.717, 1.165) is 50.5 Å². The molecule has 0 radical (unpaired) electrons. The van der Waals surface area contributed by atoms with E-state index < -0.39 is 0 Å². The highest BCUT2D eigenvalue weighted by molar-refractivity contribution is 7.98. The van der Waals surface area contributed by atoms with E-state index in [0.29, 0.717) is 0 Å². The van der Waals surface area contributed by atoms with E-state index in [1.807, 2.05) is 11.8 Å². The molecule has 0 spiro atoms. The van der Waals surface area contributed by atoms with Crippen molar-refractivity contribution in [2.24, 2.45) is 5.92 Å². The second-order valence-electron chi connectivity index (χ2n) is 8.54. The maximum atomic E-state index is 12.7. The summed E-state index contributed by atoms with van der Waals surface area (Å²) in [5, 5.41) is 5.78. The van der Waals surface area contributed by atoms with Crippen LogP contribution < -0.4 is 5.32 Å². The van der Waals surface area contributed by atoms with Crippen molar-refractivity contribution in [1.82, 2.24) is 10.2 Å². The third-order valence-electron chi connectivity index (χ3n) is 6.09. The van der Waals surface area contributed by atoms with Crippen LogP contribution >= 0.6 is 11.8 Å². The van der Waals surface area contributed by atoms with Crippen LogP contribution in [0.3, 0.4) is 0 Å². The van der Waals surface area contributed by atoms with Gasteiger partial charge in [0.25, 0.3) is 0 Å². The van der Waals surface area contributed by atoms with Crippen LogP contribution in [-0.4, -0.2) is 36.2 Å². The Morgan fingerprint density at radius 1 is 1.06 bits per heavy atom. The first-order chi connectivity index (χ1) is 15.2. The molecular weight excluding hydrogens is 400 g/mol. The number of hydrogen-bond acceptors (Lipinski definition) is 3. The minimum absolute atomic E-state index is 0.103. The zero-order valence-electron chi connectivity index (χ0n) is 18.3. The van der Waals surface area contributed by atoms with Gasteiger partial charge in [0.15, 0.2) is 0 Å². The van der Waals surface area contributed by atoms with Gasteiger partial charge in [-0.1, -0.05) is 72.3 Å². The lowest BCUT2D eigenvalue weighted by Crippen LogP contribution is -2.43. The Morgan fingerprint density at radius 2 is 1.87 bits per heavy atom. The number of benzene rings is 3. The molecule has 4 rings (SSSR count). The number of rotatable bonds is 8. The van der Waals surface area contributed by atoms with Gasteiger partial charge < -0.3 is 5.32 Å². The Morgan fingerprint density at radius 3 is 2.74 bits per heavy atom. The molecule has 1 heterocycles. The summed E-state index contributed by atoms with van der Waals surface area (Å²) in [6.07, 6.45) is 2.08. The fraction of sp³-hybridized carbons (Fsp3) is 0.370. The van der Waals surface area contributed by atoms with E-state index in [1.54, 1.807) is 0 Å². The minimum Gasteiger partial charge on any atom is -0.355 e. The van der Waals surface area contributed by atoms with Crippen LogP contribution in [0.15, 0.2) is 66.7 Å². The average Bonchev–Trinajstić information content (AvgIpc) is 2.80. The van der Waals surface area contributed by atoms with E-state index in [2.05, 4.69) is 83.9 Å². The quantitative estimate of drug-likeness (QED) is 0.483. The number of carbonyl (C=O) groups is 1. The van der Waals surface area contributed by atoms with Gasteiger partial charge in [-0.2, -0.15) is 11.8 Å². The van der Waals surface area contributed by atoms with Crippen molar-refractivity contribution < 1.29 is 4.79 Å². The third-order valence-corrected chi connectivity index (χ3v) is 7.12. The second-order valence-corrected chi connectivity index (χ2v) is 9.65. The predicted molar refractivity (Wildman–Crippen MR) is 132 cm³/mol. The molecule has 1 unspecified atom stereocenters. The molecule has 3 nitrogen and oxygen atoms in total. The Balaban J connectivity index is 1.22. The zero-order valence-corrected chi connectivity index (χ0v) is 19.2. The minimum atomic E-state index is 0.103. The highest BCUT2D eigenvalue weighted by atomic mass is 32.2. The molecule has 1 aliphatic rings. The van der Waals surface area contributed by atoms with Gasteiger partial charge in [0.05, 0.1) is 5.92 Å². The fourth-order valence-electron chi connectivity index (χ4n) is 4.35. The largest absolute Gasteiger partial charge is 0.355 e. The van der Waals surface area contributed by atoms with Crippen molar-refractivity contribution in [1.29, 1.82) is 0 Å². The number of piperidine rings is 1. The van der Waals surface area contributed by atoms with Crippen LogP contribution in [0.2, 0.25) is 0 Å². The zero-order chi connectivity index (χ0) is 21.5. The molecular formula is C27H32N2OS. The summed E-state index contributed by atoms with van der Waals surface area (Å²) >= 11 is 1.88. The number of likely N-dealkylation sites (tertiary alicyclic amines) is 1. The van der Waals surface area contributed by atoms with Crippen LogP contribution in [0.1, 0.15) is 29.5 Å². The van der Waals surface area contributed by atoms with Crippen molar-refractivity contribution in [2.75, 3.05) is 25.4 Å². The summed E-state index contributed by atoms with van der Waals surface area (Å²) in [4.78, 5) is 15.2. The highest BCUT2D eigenvalue weighted by Crippen LogP contribution is 2.23. The molecule has 4 heteroatoms. The lowest BCUT2D eigenvalue weighted by atomic mass is 9.96. The molecule has 1 fully saturated rings. The lowest BCUT2D eigenvalue weighted by molar-refractivity contribution is -0.126. The molecule has 0 aromatic heterocycles. The Hall–Kier alpha value is -2.30. The maximum Gasteiger partial charge on any atom is 0.224 e. The topological polar surface area (TPSA) is 32.3 Å². The number of nitrogens with one attached hydrogen (secondary N) is 1. The van der Waals surface area contributed by atoms with Crippen molar-refractivity contribution in [3.05, 3.63) is 83.4 Å². The molecule has 1 amide bonds. The Labute approximate surface area is 190 Å². The maximum absolute atomic E-state index is 12.7. The number of thioether (sulfide) groups is 1. The van der Waals surface area contributed by atoms with Gasteiger partial charge in [0.2, 0.25) is 5.91 Å². The molecule has 1 aliphatic heterocycles. The van der Waals surface area contributed by atoms with Gasteiger partial charge in [-0.3, -0.25) is 9.69 Å². The molecule has 31 heavy (non-hydrogen) atoms. The van der Waals surface area contributed by atoms with Gasteiger partial charge in [-0.05, 0) is 48.2 Å². The first-order valence-corrected chi connectivity index (χ1v) is 12.4. The smallest absolute Gasteiger partial charge is 0.224 e. The SMILES string of the molecule is Cc1ccc(CSCCNC(=O)C2CCCN(Cc3cccc4ccccc34)C2)cc1. The molecule has 1 saturated heterocycles. The normalized spacial score (nSPS) is 17.0. The number of carbonyl (C=O) groups excluding carboxylic acids is 1. The molecule has 0 saturated carbocycles. The number of nitrogens with zero attached hydrogens (tertiary/aromatic N) is 1. The Kier molecular flexibility index (Phi) is 7.66. The van der Waals surface area contributed by atoms with Crippen molar-refractivity contribution in [2.45, 2.75) is 32.1 Å².